The summed E-state index contributed by atoms with van der Waals surface area (Å²) in [4.78, 5) is 12.3. The van der Waals surface area contributed by atoms with Crippen molar-refractivity contribution >= 4 is 5.91 Å². The fourth-order valence-corrected chi connectivity index (χ4v) is 2.95. The largest absolute Gasteiger partial charge is 0.353 e. The van der Waals surface area contributed by atoms with Crippen LogP contribution in [0.15, 0.2) is 30.3 Å². The van der Waals surface area contributed by atoms with Crippen LogP contribution < -0.4 is 10.6 Å². The van der Waals surface area contributed by atoms with Gasteiger partial charge in [0.2, 0.25) is 5.91 Å². The van der Waals surface area contributed by atoms with E-state index in [1.165, 1.54) is 12.8 Å². The standard InChI is InChI=1S/C17H26N2O/c1-3-18-15-9-11-16(12-10-15)19-17(20)13(2)14-7-5-4-6-8-14/h4-8,13,15-16,18H,3,9-12H2,1-2H3,(H,19,20). The summed E-state index contributed by atoms with van der Waals surface area (Å²) < 4.78 is 0. The van der Waals surface area contributed by atoms with Gasteiger partial charge < -0.3 is 10.6 Å². The molecule has 3 heteroatoms. The maximum absolute atomic E-state index is 12.3. The predicted molar refractivity (Wildman–Crippen MR) is 82.7 cm³/mol. The molecule has 110 valence electrons. The maximum atomic E-state index is 12.3. The van der Waals surface area contributed by atoms with Crippen LogP contribution in [0.5, 0.6) is 0 Å². The van der Waals surface area contributed by atoms with Crippen LogP contribution in [0, 0.1) is 0 Å². The van der Waals surface area contributed by atoms with Crippen LogP contribution in [0.2, 0.25) is 0 Å². The van der Waals surface area contributed by atoms with Gasteiger partial charge in [0.05, 0.1) is 5.92 Å². The van der Waals surface area contributed by atoms with E-state index in [2.05, 4.69) is 17.6 Å². The molecule has 0 aromatic heterocycles. The first kappa shape index (κ1) is 15.0. The van der Waals surface area contributed by atoms with E-state index >= 15 is 0 Å². The van der Waals surface area contributed by atoms with Gasteiger partial charge in [0.1, 0.15) is 0 Å². The average Bonchev–Trinajstić information content (AvgIpc) is 2.49. The van der Waals surface area contributed by atoms with Crippen molar-refractivity contribution in [3.63, 3.8) is 0 Å². The Morgan fingerprint density at radius 2 is 1.75 bits per heavy atom. The smallest absolute Gasteiger partial charge is 0.227 e. The number of carbonyl (C=O) groups excluding carboxylic acids is 1. The number of hydrogen-bond acceptors (Lipinski definition) is 2. The van der Waals surface area contributed by atoms with E-state index in [0.717, 1.165) is 24.9 Å². The highest BCUT2D eigenvalue weighted by Gasteiger charge is 2.23. The lowest BCUT2D eigenvalue weighted by molar-refractivity contribution is -0.123. The molecule has 1 aliphatic carbocycles. The number of benzene rings is 1. The number of carbonyl (C=O) groups is 1. The summed E-state index contributed by atoms with van der Waals surface area (Å²) in [7, 11) is 0. The molecule has 0 heterocycles. The summed E-state index contributed by atoms with van der Waals surface area (Å²) in [6, 6.07) is 11.0. The van der Waals surface area contributed by atoms with E-state index < -0.39 is 0 Å². The molecule has 1 amide bonds. The zero-order chi connectivity index (χ0) is 14.4. The molecule has 0 saturated heterocycles. The third-order valence-corrected chi connectivity index (χ3v) is 4.26. The number of hydrogen-bond donors (Lipinski definition) is 2. The highest BCUT2D eigenvalue weighted by atomic mass is 16.1. The normalized spacial score (nSPS) is 24.1. The van der Waals surface area contributed by atoms with Gasteiger partial charge in [-0.2, -0.15) is 0 Å². The lowest BCUT2D eigenvalue weighted by Crippen LogP contribution is -2.43. The Morgan fingerprint density at radius 1 is 1.15 bits per heavy atom. The Bertz CT molecular complexity index is 410. The second-order valence-electron chi connectivity index (χ2n) is 5.75. The number of nitrogens with one attached hydrogen (secondary N) is 2. The number of amides is 1. The van der Waals surface area contributed by atoms with Crippen LogP contribution in [-0.4, -0.2) is 24.5 Å². The molecule has 3 nitrogen and oxygen atoms in total. The predicted octanol–water partition coefficient (Wildman–Crippen LogP) is 2.83. The zero-order valence-electron chi connectivity index (χ0n) is 12.6. The Balaban J connectivity index is 1.81. The van der Waals surface area contributed by atoms with E-state index in [0.29, 0.717) is 12.1 Å². The summed E-state index contributed by atoms with van der Waals surface area (Å²) >= 11 is 0. The molecule has 1 saturated carbocycles. The van der Waals surface area contributed by atoms with Crippen molar-refractivity contribution in [3.8, 4) is 0 Å². The van der Waals surface area contributed by atoms with Crippen LogP contribution in [0.1, 0.15) is 51.0 Å². The molecule has 1 aromatic carbocycles. The van der Waals surface area contributed by atoms with Gasteiger partial charge in [-0.15, -0.1) is 0 Å². The molecule has 20 heavy (non-hydrogen) atoms. The van der Waals surface area contributed by atoms with E-state index in [9.17, 15) is 4.79 Å². The zero-order valence-corrected chi connectivity index (χ0v) is 12.6. The Hall–Kier alpha value is -1.35. The number of rotatable bonds is 5. The van der Waals surface area contributed by atoms with Gasteiger partial charge in [0, 0.05) is 12.1 Å². The minimum absolute atomic E-state index is 0.0670. The second-order valence-corrected chi connectivity index (χ2v) is 5.75. The molecule has 1 atom stereocenters. The first-order chi connectivity index (χ1) is 9.70. The average molecular weight is 274 g/mol. The van der Waals surface area contributed by atoms with Gasteiger partial charge in [-0.25, -0.2) is 0 Å². The molecular formula is C17H26N2O. The molecule has 2 rings (SSSR count). The van der Waals surface area contributed by atoms with Crippen LogP contribution in [0.3, 0.4) is 0 Å². The molecule has 1 fully saturated rings. The molecule has 2 N–H and O–H groups in total. The summed E-state index contributed by atoms with van der Waals surface area (Å²) in [5, 5.41) is 6.71. The Labute approximate surface area is 122 Å². The van der Waals surface area contributed by atoms with Gasteiger partial charge in [-0.1, -0.05) is 37.3 Å². The maximum Gasteiger partial charge on any atom is 0.227 e. The summed E-state index contributed by atoms with van der Waals surface area (Å²) in [5.41, 5.74) is 1.09. The van der Waals surface area contributed by atoms with Crippen molar-refractivity contribution in [1.29, 1.82) is 0 Å². The van der Waals surface area contributed by atoms with Crippen molar-refractivity contribution in [3.05, 3.63) is 35.9 Å². The molecule has 1 aromatic rings. The third kappa shape index (κ3) is 4.07. The highest BCUT2D eigenvalue weighted by molar-refractivity contribution is 5.83. The van der Waals surface area contributed by atoms with E-state index in [-0.39, 0.29) is 11.8 Å². The Morgan fingerprint density at radius 3 is 2.35 bits per heavy atom. The van der Waals surface area contributed by atoms with Crippen LogP contribution >= 0.6 is 0 Å². The third-order valence-electron chi connectivity index (χ3n) is 4.26. The van der Waals surface area contributed by atoms with Crippen molar-refractivity contribution in [2.45, 2.75) is 57.5 Å². The van der Waals surface area contributed by atoms with Crippen LogP contribution in [0.25, 0.3) is 0 Å². The molecule has 0 spiro atoms. The fourth-order valence-electron chi connectivity index (χ4n) is 2.95. The van der Waals surface area contributed by atoms with Crippen molar-refractivity contribution in [2.24, 2.45) is 0 Å². The SMILES string of the molecule is CCNC1CCC(NC(=O)C(C)c2ccccc2)CC1. The van der Waals surface area contributed by atoms with Crippen LogP contribution in [0.4, 0.5) is 0 Å². The van der Waals surface area contributed by atoms with Gasteiger partial charge in [-0.05, 0) is 44.7 Å². The van der Waals surface area contributed by atoms with E-state index in [1.807, 2.05) is 37.3 Å². The van der Waals surface area contributed by atoms with E-state index in [1.54, 1.807) is 0 Å². The molecule has 0 aliphatic heterocycles. The van der Waals surface area contributed by atoms with Gasteiger partial charge in [0.15, 0.2) is 0 Å². The molecule has 0 bridgehead atoms. The van der Waals surface area contributed by atoms with Crippen molar-refractivity contribution < 1.29 is 4.79 Å². The summed E-state index contributed by atoms with van der Waals surface area (Å²) in [6.07, 6.45) is 4.51. The van der Waals surface area contributed by atoms with Crippen molar-refractivity contribution in [1.82, 2.24) is 10.6 Å². The molecular weight excluding hydrogens is 248 g/mol. The lowest BCUT2D eigenvalue weighted by atomic mass is 9.90. The van der Waals surface area contributed by atoms with Gasteiger partial charge in [-0.3, -0.25) is 4.79 Å². The lowest BCUT2D eigenvalue weighted by Gasteiger charge is -2.30. The summed E-state index contributed by atoms with van der Waals surface area (Å²) in [5.74, 6) is 0.0887. The van der Waals surface area contributed by atoms with Gasteiger partial charge >= 0.3 is 0 Å². The quantitative estimate of drug-likeness (QED) is 0.867. The molecule has 1 aliphatic rings. The topological polar surface area (TPSA) is 41.1 Å². The fraction of sp³-hybridized carbons (Fsp3) is 0.588. The Kier molecular flexibility index (Phi) is 5.60. The molecule has 0 radical (unpaired) electrons. The summed E-state index contributed by atoms with van der Waals surface area (Å²) in [6.45, 7) is 5.16. The molecule has 1 unspecified atom stereocenters. The first-order valence-corrected chi connectivity index (χ1v) is 7.79. The highest BCUT2D eigenvalue weighted by Crippen LogP contribution is 2.20. The monoisotopic (exact) mass is 274 g/mol. The van der Waals surface area contributed by atoms with E-state index in [4.69, 9.17) is 0 Å². The van der Waals surface area contributed by atoms with Gasteiger partial charge in [0.25, 0.3) is 0 Å². The minimum Gasteiger partial charge on any atom is -0.353 e. The first-order valence-electron chi connectivity index (χ1n) is 7.79. The van der Waals surface area contributed by atoms with Crippen LogP contribution in [-0.2, 0) is 4.79 Å². The minimum atomic E-state index is -0.0670. The van der Waals surface area contributed by atoms with Crippen molar-refractivity contribution in [2.75, 3.05) is 6.54 Å². The second kappa shape index (κ2) is 7.44.